The predicted molar refractivity (Wildman–Crippen MR) is 237 cm³/mol. The van der Waals surface area contributed by atoms with Crippen molar-refractivity contribution in [2.75, 3.05) is 26.2 Å². The van der Waals surface area contributed by atoms with E-state index in [4.69, 9.17) is 21.1 Å². The number of carbonyl (C=O) groups is 4. The molecular formula is C48H50ClFN8O6. The van der Waals surface area contributed by atoms with Gasteiger partial charge in [0.2, 0.25) is 0 Å². The largest absolute Gasteiger partial charge is 0.444 e. The van der Waals surface area contributed by atoms with E-state index in [-0.39, 0.29) is 29.8 Å². The summed E-state index contributed by atoms with van der Waals surface area (Å²) in [6.45, 7) is 12.8. The van der Waals surface area contributed by atoms with Crippen LogP contribution < -0.4 is 10.6 Å². The van der Waals surface area contributed by atoms with E-state index in [1.807, 2.05) is 72.1 Å². The highest BCUT2D eigenvalue weighted by atomic mass is 35.5. The minimum atomic E-state index is -0.562. The van der Waals surface area contributed by atoms with Crippen molar-refractivity contribution in [3.05, 3.63) is 105 Å². The van der Waals surface area contributed by atoms with Gasteiger partial charge in [-0.05, 0) is 114 Å². The fourth-order valence-corrected chi connectivity index (χ4v) is 10.3. The summed E-state index contributed by atoms with van der Waals surface area (Å²) in [5.74, 6) is -0.479. The zero-order chi connectivity index (χ0) is 45.1. The molecule has 0 saturated carbocycles. The van der Waals surface area contributed by atoms with Gasteiger partial charge in [-0.15, -0.1) is 0 Å². The summed E-state index contributed by atoms with van der Waals surface area (Å²) in [7, 11) is 0. The van der Waals surface area contributed by atoms with Gasteiger partial charge in [-0.3, -0.25) is 14.6 Å². The van der Waals surface area contributed by atoms with Gasteiger partial charge in [0.05, 0.1) is 39.3 Å². The second-order valence-electron chi connectivity index (χ2n) is 20.1. The van der Waals surface area contributed by atoms with E-state index in [2.05, 4.69) is 30.6 Å². The number of fused-ring (bicyclic) bond motifs is 10. The van der Waals surface area contributed by atoms with Crippen LogP contribution in [0.15, 0.2) is 48.8 Å². The third kappa shape index (κ3) is 7.46. The number of carbonyl (C=O) groups excluding carboxylic acids is 4. The maximum atomic E-state index is 13.8. The van der Waals surface area contributed by atoms with Crippen LogP contribution in [0.25, 0.3) is 33.8 Å². The lowest BCUT2D eigenvalue weighted by Crippen LogP contribution is -2.74. The van der Waals surface area contributed by atoms with Crippen molar-refractivity contribution < 1.29 is 33.0 Å². The summed E-state index contributed by atoms with van der Waals surface area (Å²) in [6, 6.07) is 10.2. The summed E-state index contributed by atoms with van der Waals surface area (Å²) >= 11 is 6.11. The van der Waals surface area contributed by atoms with E-state index in [1.165, 1.54) is 12.1 Å². The number of aromatic amines is 2. The molecule has 0 bridgehead atoms. The first-order valence-electron chi connectivity index (χ1n) is 21.7. The van der Waals surface area contributed by atoms with Crippen molar-refractivity contribution in [3.8, 4) is 33.8 Å². The number of H-pyrrole nitrogens is 2. The number of ether oxygens (including phenoxy) is 2. The average molecular weight is 889 g/mol. The molecule has 14 nitrogen and oxygen atoms in total. The Morgan fingerprint density at radius 3 is 1.67 bits per heavy atom. The number of nitrogens with zero attached hydrogens (tertiary/aromatic N) is 4. The molecule has 4 aliphatic heterocycles. The van der Waals surface area contributed by atoms with E-state index in [0.29, 0.717) is 55.4 Å². The monoisotopic (exact) mass is 888 g/mol. The van der Waals surface area contributed by atoms with Gasteiger partial charge in [-0.25, -0.2) is 19.0 Å². The molecule has 4 aromatic heterocycles. The van der Waals surface area contributed by atoms with Gasteiger partial charge in [0.15, 0.2) is 0 Å². The number of nitrogens with one attached hydrogen (secondary N) is 4. The molecule has 6 aliphatic rings. The zero-order valence-corrected chi connectivity index (χ0v) is 37.4. The van der Waals surface area contributed by atoms with E-state index in [9.17, 15) is 23.6 Å². The number of aromatic nitrogens is 4. The molecule has 8 heterocycles. The van der Waals surface area contributed by atoms with E-state index >= 15 is 0 Å². The van der Waals surface area contributed by atoms with Gasteiger partial charge < -0.3 is 39.9 Å². The minimum absolute atomic E-state index is 0.0730. The standard InChI is InChI=1S/C27H27FN4O3.C21H23ClN4O3/c1-26(2,3)35-25(34)32-13-27(14-32)11-21-22(24(33)31-27)18-8-7-16-12-29-20(10-19(16)23(18)30-21)15-5-4-6-17(28)9-15;1-20(2,3)29-19(28)26-9-21(10-26)7-14-16(18(27)25-21)12-5-4-11-8-23-15(22)6-13(11)17(12)24-14/h4-6,9-10,12,30H,7-8,11,13-14H2,1-3H3,(H,31,33);6,8,24H,4-5,7,9-10H2,1-3H3,(H,25,27). The Morgan fingerprint density at radius 1 is 0.703 bits per heavy atom. The molecule has 4 amide bonds. The number of likely N-dealkylation sites (tertiary alicyclic amines) is 2. The molecule has 4 N–H and O–H groups in total. The van der Waals surface area contributed by atoms with Crippen molar-refractivity contribution in [2.24, 2.45) is 0 Å². The quantitative estimate of drug-likeness (QED) is 0.126. The molecule has 11 rings (SSSR count). The first kappa shape index (κ1) is 41.8. The van der Waals surface area contributed by atoms with Gasteiger partial charge >= 0.3 is 12.2 Å². The third-order valence-corrected chi connectivity index (χ3v) is 13.0. The van der Waals surface area contributed by atoms with Crippen LogP contribution in [0.4, 0.5) is 14.0 Å². The van der Waals surface area contributed by atoms with Gasteiger partial charge in [0.1, 0.15) is 22.2 Å². The van der Waals surface area contributed by atoms with Gasteiger partial charge in [-0.2, -0.15) is 0 Å². The summed E-state index contributed by atoms with van der Waals surface area (Å²) in [5.41, 5.74) is 10.9. The summed E-state index contributed by atoms with van der Waals surface area (Å²) in [6.07, 6.45) is 7.41. The topological polar surface area (TPSA) is 175 Å². The van der Waals surface area contributed by atoms with Crippen LogP contribution in [0.2, 0.25) is 5.15 Å². The Kier molecular flexibility index (Phi) is 9.57. The van der Waals surface area contributed by atoms with Gasteiger partial charge in [-0.1, -0.05) is 23.7 Å². The number of benzene rings is 1. The predicted octanol–water partition coefficient (Wildman–Crippen LogP) is 7.36. The highest BCUT2D eigenvalue weighted by Crippen LogP contribution is 2.43. The number of hydrogen-bond donors (Lipinski definition) is 4. The minimum Gasteiger partial charge on any atom is -0.444 e. The SMILES string of the molecule is CC(C)(C)OC(=O)N1CC2(Cc3[nH]c4c(c3C(=O)N2)CCc2cnc(-c3cccc(F)c3)cc2-4)C1.CC(C)(C)OC(=O)N1CC2(Cc3[nH]c4c(c3C(=O)N2)CCc2cnc(Cl)cc2-4)C1. The van der Waals surface area contributed by atoms with Crippen LogP contribution in [0.3, 0.4) is 0 Å². The van der Waals surface area contributed by atoms with Crippen LogP contribution in [0.1, 0.15) is 95.9 Å². The fourth-order valence-electron chi connectivity index (χ4n) is 10.1. The van der Waals surface area contributed by atoms with Crippen LogP contribution in [-0.4, -0.2) is 102 Å². The number of amides is 4. The number of hydrogen-bond acceptors (Lipinski definition) is 8. The number of halogens is 2. The molecule has 2 saturated heterocycles. The second-order valence-corrected chi connectivity index (χ2v) is 20.4. The molecule has 0 radical (unpaired) electrons. The molecule has 5 aromatic rings. The maximum absolute atomic E-state index is 13.8. The Morgan fingerprint density at radius 2 is 1.19 bits per heavy atom. The Bertz CT molecular complexity index is 2810. The van der Waals surface area contributed by atoms with E-state index in [1.54, 1.807) is 15.9 Å². The molecular weight excluding hydrogens is 839 g/mol. The summed E-state index contributed by atoms with van der Waals surface area (Å²) in [4.78, 5) is 70.0. The van der Waals surface area contributed by atoms with Crippen molar-refractivity contribution >= 4 is 35.6 Å². The lowest BCUT2D eigenvalue weighted by atomic mass is 9.80. The first-order chi connectivity index (χ1) is 30.2. The molecule has 2 aliphatic carbocycles. The number of pyridine rings is 2. The summed E-state index contributed by atoms with van der Waals surface area (Å²) < 4.78 is 24.7. The summed E-state index contributed by atoms with van der Waals surface area (Å²) in [5, 5.41) is 6.77. The molecule has 0 unspecified atom stereocenters. The molecule has 16 heteroatoms. The molecule has 1 aromatic carbocycles. The average Bonchev–Trinajstić information content (AvgIpc) is 3.77. The van der Waals surface area contributed by atoms with Gasteiger partial charge in [0, 0.05) is 79.5 Å². The van der Waals surface area contributed by atoms with Crippen LogP contribution in [-0.2, 0) is 48.0 Å². The van der Waals surface area contributed by atoms with Crippen LogP contribution in [0.5, 0.6) is 0 Å². The normalized spacial score (nSPS) is 18.3. The molecule has 64 heavy (non-hydrogen) atoms. The highest BCUT2D eigenvalue weighted by molar-refractivity contribution is 6.29. The lowest BCUT2D eigenvalue weighted by Gasteiger charge is -2.51. The lowest BCUT2D eigenvalue weighted by molar-refractivity contribution is -0.0171. The first-order valence-corrected chi connectivity index (χ1v) is 22.1. The Hall–Kier alpha value is -6.22. The van der Waals surface area contributed by atoms with Crippen molar-refractivity contribution in [1.82, 2.24) is 40.4 Å². The fraction of sp³-hybridized carbons (Fsp3) is 0.417. The Balaban J connectivity index is 0.000000154. The van der Waals surface area contributed by atoms with Crippen LogP contribution in [0, 0.1) is 5.82 Å². The molecule has 2 spiro atoms. The van der Waals surface area contributed by atoms with Crippen molar-refractivity contribution in [1.29, 1.82) is 0 Å². The second kappa shape index (κ2) is 14.7. The Labute approximate surface area is 374 Å². The third-order valence-electron chi connectivity index (χ3n) is 12.8. The smallest absolute Gasteiger partial charge is 0.410 e. The zero-order valence-electron chi connectivity index (χ0n) is 36.7. The van der Waals surface area contributed by atoms with E-state index in [0.717, 1.165) is 93.0 Å². The molecule has 2 fully saturated rings. The number of aryl methyl sites for hydroxylation is 2. The number of rotatable bonds is 1. The van der Waals surface area contributed by atoms with Crippen molar-refractivity contribution in [2.45, 2.75) is 102 Å². The van der Waals surface area contributed by atoms with E-state index < -0.39 is 22.3 Å². The highest BCUT2D eigenvalue weighted by Gasteiger charge is 2.53. The van der Waals surface area contributed by atoms with Gasteiger partial charge in [0.25, 0.3) is 11.8 Å². The maximum Gasteiger partial charge on any atom is 0.410 e. The van der Waals surface area contributed by atoms with Crippen molar-refractivity contribution in [3.63, 3.8) is 0 Å². The molecule has 0 atom stereocenters. The van der Waals surface area contributed by atoms with Crippen LogP contribution >= 0.6 is 11.6 Å². The molecule has 332 valence electrons.